The van der Waals surface area contributed by atoms with Gasteiger partial charge in [-0.25, -0.2) is 17.5 Å². The number of benzene rings is 1. The molecule has 16 heavy (non-hydrogen) atoms. The van der Waals surface area contributed by atoms with E-state index in [1.165, 1.54) is 12.1 Å². The molecule has 1 aromatic rings. The molecule has 0 spiro atoms. The lowest BCUT2D eigenvalue weighted by Crippen LogP contribution is -2.25. The van der Waals surface area contributed by atoms with Crippen LogP contribution in [0.4, 0.5) is 4.39 Å². The van der Waals surface area contributed by atoms with Crippen LogP contribution in [0.3, 0.4) is 0 Å². The molecule has 0 saturated heterocycles. The van der Waals surface area contributed by atoms with Crippen molar-refractivity contribution in [1.82, 2.24) is 4.72 Å². The first kappa shape index (κ1) is 13.2. The number of halogens is 2. The van der Waals surface area contributed by atoms with Crippen LogP contribution in [0.15, 0.2) is 27.6 Å². The maximum atomic E-state index is 13.4. The molecule has 0 amide bonds. The Balaban J connectivity index is 2.95. The fourth-order valence-corrected chi connectivity index (χ4v) is 2.45. The Hall–Kier alpha value is -0.900. The van der Waals surface area contributed by atoms with Gasteiger partial charge in [0.15, 0.2) is 0 Å². The number of terminal acetylenes is 1. The van der Waals surface area contributed by atoms with Crippen molar-refractivity contribution in [2.45, 2.75) is 11.3 Å². The predicted octanol–water partition coefficient (Wildman–Crippen LogP) is 1.89. The first-order valence-corrected chi connectivity index (χ1v) is 6.63. The summed E-state index contributed by atoms with van der Waals surface area (Å²) < 4.78 is 39.3. The zero-order valence-electron chi connectivity index (χ0n) is 8.20. The summed E-state index contributed by atoms with van der Waals surface area (Å²) in [5.41, 5.74) is 0. The highest BCUT2D eigenvalue weighted by atomic mass is 79.9. The van der Waals surface area contributed by atoms with Crippen LogP contribution < -0.4 is 4.72 Å². The summed E-state index contributed by atoms with van der Waals surface area (Å²) >= 11 is 3.05. The van der Waals surface area contributed by atoms with Gasteiger partial charge in [-0.05, 0) is 18.2 Å². The average Bonchev–Trinajstić information content (AvgIpc) is 2.17. The third-order valence-electron chi connectivity index (χ3n) is 1.74. The lowest BCUT2D eigenvalue weighted by atomic mass is 10.3. The van der Waals surface area contributed by atoms with Crippen molar-refractivity contribution < 1.29 is 12.8 Å². The Morgan fingerprint density at radius 1 is 1.50 bits per heavy atom. The number of hydrogen-bond donors (Lipinski definition) is 1. The number of rotatable bonds is 4. The molecule has 0 aliphatic rings. The SMILES string of the molecule is C#CCCNS(=O)(=O)c1ccc(Br)cc1F. The predicted molar refractivity (Wildman–Crippen MR) is 62.7 cm³/mol. The normalized spacial score (nSPS) is 11.1. The molecule has 1 aromatic carbocycles. The van der Waals surface area contributed by atoms with Gasteiger partial charge in [0.1, 0.15) is 10.7 Å². The molecule has 0 radical (unpaired) electrons. The minimum absolute atomic E-state index is 0.0916. The smallest absolute Gasteiger partial charge is 0.210 e. The summed E-state index contributed by atoms with van der Waals surface area (Å²) in [6, 6.07) is 3.74. The maximum Gasteiger partial charge on any atom is 0.243 e. The molecule has 0 aromatic heterocycles. The minimum Gasteiger partial charge on any atom is -0.210 e. The molecule has 0 fully saturated rings. The molecule has 0 saturated carbocycles. The highest BCUT2D eigenvalue weighted by Crippen LogP contribution is 2.19. The molecule has 3 nitrogen and oxygen atoms in total. The van der Waals surface area contributed by atoms with Crippen LogP contribution in [0.25, 0.3) is 0 Å². The van der Waals surface area contributed by atoms with Gasteiger partial charge in [-0.1, -0.05) is 15.9 Å². The highest BCUT2D eigenvalue weighted by molar-refractivity contribution is 9.10. The number of nitrogens with one attached hydrogen (secondary N) is 1. The van der Waals surface area contributed by atoms with Crippen molar-refractivity contribution >= 4 is 26.0 Å². The van der Waals surface area contributed by atoms with Crippen LogP contribution in [0.5, 0.6) is 0 Å². The second-order valence-corrected chi connectivity index (χ2v) is 5.58. The van der Waals surface area contributed by atoms with E-state index in [1.807, 2.05) is 0 Å². The molecule has 0 atom stereocenters. The molecule has 0 bridgehead atoms. The second kappa shape index (κ2) is 5.43. The first-order chi connectivity index (χ1) is 7.47. The van der Waals surface area contributed by atoms with Crippen molar-refractivity contribution in [1.29, 1.82) is 0 Å². The third-order valence-corrected chi connectivity index (χ3v) is 3.73. The van der Waals surface area contributed by atoms with Gasteiger partial charge >= 0.3 is 0 Å². The lowest BCUT2D eigenvalue weighted by molar-refractivity contribution is 0.557. The van der Waals surface area contributed by atoms with E-state index in [1.54, 1.807) is 0 Å². The quantitative estimate of drug-likeness (QED) is 0.682. The van der Waals surface area contributed by atoms with Crippen molar-refractivity contribution in [2.24, 2.45) is 0 Å². The van der Waals surface area contributed by atoms with Crippen LogP contribution in [0.2, 0.25) is 0 Å². The Morgan fingerprint density at radius 3 is 2.75 bits per heavy atom. The van der Waals surface area contributed by atoms with Crippen LogP contribution in [-0.2, 0) is 10.0 Å². The van der Waals surface area contributed by atoms with E-state index in [9.17, 15) is 12.8 Å². The highest BCUT2D eigenvalue weighted by Gasteiger charge is 2.18. The topological polar surface area (TPSA) is 46.2 Å². The van der Waals surface area contributed by atoms with Crippen LogP contribution in [0, 0.1) is 18.2 Å². The van der Waals surface area contributed by atoms with Gasteiger partial charge in [-0.2, -0.15) is 0 Å². The summed E-state index contributed by atoms with van der Waals surface area (Å²) in [6.07, 6.45) is 5.24. The van der Waals surface area contributed by atoms with E-state index in [0.717, 1.165) is 6.07 Å². The van der Waals surface area contributed by atoms with Crippen molar-refractivity contribution in [3.63, 3.8) is 0 Å². The fraction of sp³-hybridized carbons (Fsp3) is 0.200. The van der Waals surface area contributed by atoms with Crippen molar-refractivity contribution in [2.75, 3.05) is 6.54 Å². The van der Waals surface area contributed by atoms with E-state index >= 15 is 0 Å². The standard InChI is InChI=1S/C10H9BrFNO2S/c1-2-3-6-13-16(14,15)10-5-4-8(11)7-9(10)12/h1,4-5,7,13H,3,6H2. The molecule has 1 N–H and O–H groups in total. The van der Waals surface area contributed by atoms with Gasteiger partial charge in [0.2, 0.25) is 10.0 Å². The molecule has 1 rings (SSSR count). The zero-order valence-corrected chi connectivity index (χ0v) is 10.6. The minimum atomic E-state index is -3.82. The Bertz CT molecular complexity index is 522. The van der Waals surface area contributed by atoms with E-state index in [-0.39, 0.29) is 17.9 Å². The van der Waals surface area contributed by atoms with Crippen LogP contribution >= 0.6 is 15.9 Å². The molecule has 0 unspecified atom stereocenters. The van der Waals surface area contributed by atoms with Gasteiger partial charge < -0.3 is 0 Å². The largest absolute Gasteiger partial charge is 0.243 e. The van der Waals surface area contributed by atoms with E-state index in [0.29, 0.717) is 4.47 Å². The fourth-order valence-electron chi connectivity index (χ4n) is 1.03. The molecule has 0 heterocycles. The molecule has 0 aliphatic heterocycles. The summed E-state index contributed by atoms with van der Waals surface area (Å²) in [6.45, 7) is 0.0916. The van der Waals surface area contributed by atoms with Gasteiger partial charge in [0.25, 0.3) is 0 Å². The molecule has 86 valence electrons. The molecule has 6 heteroatoms. The van der Waals surface area contributed by atoms with E-state index in [4.69, 9.17) is 6.42 Å². The van der Waals surface area contributed by atoms with Crippen LogP contribution in [-0.4, -0.2) is 15.0 Å². The van der Waals surface area contributed by atoms with Crippen LogP contribution in [0.1, 0.15) is 6.42 Å². The van der Waals surface area contributed by atoms with Gasteiger partial charge in [0, 0.05) is 17.4 Å². The maximum absolute atomic E-state index is 13.4. The molecule has 0 aliphatic carbocycles. The summed E-state index contributed by atoms with van der Waals surface area (Å²) in [5.74, 6) is 1.48. The summed E-state index contributed by atoms with van der Waals surface area (Å²) in [4.78, 5) is -0.382. The monoisotopic (exact) mass is 305 g/mol. The summed E-state index contributed by atoms with van der Waals surface area (Å²) in [5, 5.41) is 0. The second-order valence-electron chi connectivity index (χ2n) is 2.93. The van der Waals surface area contributed by atoms with Crippen molar-refractivity contribution in [3.8, 4) is 12.3 Å². The van der Waals surface area contributed by atoms with E-state index < -0.39 is 15.8 Å². The summed E-state index contributed by atoms with van der Waals surface area (Å²) in [7, 11) is -3.82. The Labute approximate surface area is 102 Å². The van der Waals surface area contributed by atoms with Crippen molar-refractivity contribution in [3.05, 3.63) is 28.5 Å². The van der Waals surface area contributed by atoms with E-state index in [2.05, 4.69) is 26.6 Å². The Morgan fingerprint density at radius 2 is 2.19 bits per heavy atom. The number of hydrogen-bond acceptors (Lipinski definition) is 2. The number of sulfonamides is 1. The molecular weight excluding hydrogens is 297 g/mol. The van der Waals surface area contributed by atoms with Gasteiger partial charge in [-0.15, -0.1) is 12.3 Å². The average molecular weight is 306 g/mol. The lowest BCUT2D eigenvalue weighted by Gasteiger charge is -2.06. The van der Waals surface area contributed by atoms with Gasteiger partial charge in [0.05, 0.1) is 0 Å². The zero-order chi connectivity index (χ0) is 12.2. The Kier molecular flexibility index (Phi) is 4.47. The van der Waals surface area contributed by atoms with Gasteiger partial charge in [-0.3, -0.25) is 0 Å². The first-order valence-electron chi connectivity index (χ1n) is 4.35. The third kappa shape index (κ3) is 3.30. The molecular formula is C10H9BrFNO2S.